The highest BCUT2D eigenvalue weighted by atomic mass is 127. The first-order chi connectivity index (χ1) is 12.0. The van der Waals surface area contributed by atoms with Gasteiger partial charge in [-0.25, -0.2) is 4.79 Å². The molecule has 9 nitrogen and oxygen atoms in total. The molecule has 1 amide bonds. The number of hydrogen-bond donors (Lipinski definition) is 2. The first-order valence-electron chi connectivity index (χ1n) is 8.07. The molecule has 1 saturated heterocycles. The number of ether oxygens (including phenoxy) is 1. The molecule has 2 N–H and O–H groups in total. The summed E-state index contributed by atoms with van der Waals surface area (Å²) < 4.78 is 4.72. The maximum absolute atomic E-state index is 11.5. The van der Waals surface area contributed by atoms with Gasteiger partial charge in [0.15, 0.2) is 5.96 Å². The number of likely N-dealkylation sites (tertiary alicyclic amines) is 1. The lowest BCUT2D eigenvalue weighted by Gasteiger charge is -2.32. The van der Waals surface area contributed by atoms with Crippen molar-refractivity contribution in [3.63, 3.8) is 0 Å². The van der Waals surface area contributed by atoms with E-state index in [1.54, 1.807) is 18.0 Å². The van der Waals surface area contributed by atoms with Gasteiger partial charge in [0.05, 0.1) is 12.0 Å². The van der Waals surface area contributed by atoms with E-state index in [0.717, 1.165) is 18.4 Å². The standard InChI is InChI=1S/C16H23N5O4.HI/c1-17-15(18-11-12-4-3-5-14(10-12)21(23)24)19-13-6-8-20(9-7-13)16(22)25-2;/h3-5,10,13H,6-9,11H2,1-2H3,(H2,17,18,19);1H. The number of methoxy groups -OCH3 is 1. The summed E-state index contributed by atoms with van der Waals surface area (Å²) in [6.45, 7) is 1.70. The second-order valence-corrected chi connectivity index (χ2v) is 5.73. The van der Waals surface area contributed by atoms with Crippen LogP contribution in [0.15, 0.2) is 29.3 Å². The van der Waals surface area contributed by atoms with E-state index < -0.39 is 4.92 Å². The quantitative estimate of drug-likeness (QED) is 0.226. The van der Waals surface area contributed by atoms with Crippen LogP contribution in [0.4, 0.5) is 10.5 Å². The lowest BCUT2D eigenvalue weighted by atomic mass is 10.1. The minimum absolute atomic E-state index is 0. The fraction of sp³-hybridized carbons (Fsp3) is 0.500. The number of benzene rings is 1. The van der Waals surface area contributed by atoms with Gasteiger partial charge in [0, 0.05) is 44.9 Å². The Bertz CT molecular complexity index is 647. The van der Waals surface area contributed by atoms with Gasteiger partial charge in [-0.1, -0.05) is 12.1 Å². The summed E-state index contributed by atoms with van der Waals surface area (Å²) in [7, 11) is 3.05. The summed E-state index contributed by atoms with van der Waals surface area (Å²) in [5, 5.41) is 17.3. The molecule has 1 aromatic rings. The van der Waals surface area contributed by atoms with Crippen LogP contribution >= 0.6 is 24.0 Å². The van der Waals surface area contributed by atoms with Gasteiger partial charge in [-0.3, -0.25) is 15.1 Å². The number of non-ortho nitro benzene ring substituents is 1. The van der Waals surface area contributed by atoms with Gasteiger partial charge in [0.1, 0.15) is 0 Å². The predicted molar refractivity (Wildman–Crippen MR) is 109 cm³/mol. The van der Waals surface area contributed by atoms with Crippen molar-refractivity contribution in [1.82, 2.24) is 15.5 Å². The smallest absolute Gasteiger partial charge is 0.409 e. The summed E-state index contributed by atoms with van der Waals surface area (Å²) in [6, 6.07) is 6.69. The van der Waals surface area contributed by atoms with Gasteiger partial charge in [-0.05, 0) is 18.4 Å². The summed E-state index contributed by atoms with van der Waals surface area (Å²) in [5.74, 6) is 0.628. The van der Waals surface area contributed by atoms with E-state index in [1.165, 1.54) is 19.2 Å². The van der Waals surface area contributed by atoms with Crippen LogP contribution in [-0.4, -0.2) is 55.2 Å². The van der Waals surface area contributed by atoms with Crippen molar-refractivity contribution in [2.45, 2.75) is 25.4 Å². The van der Waals surface area contributed by atoms with Crippen LogP contribution in [0.2, 0.25) is 0 Å². The molecule has 0 atom stereocenters. The lowest BCUT2D eigenvalue weighted by Crippen LogP contribution is -2.49. The molecule has 1 aromatic carbocycles. The van der Waals surface area contributed by atoms with E-state index in [4.69, 9.17) is 4.74 Å². The minimum atomic E-state index is -0.411. The number of carbonyl (C=O) groups is 1. The van der Waals surface area contributed by atoms with E-state index in [0.29, 0.717) is 25.6 Å². The fourth-order valence-corrected chi connectivity index (χ4v) is 2.69. The Kier molecular flexibility index (Phi) is 9.10. The molecule has 0 aliphatic carbocycles. The Morgan fingerprint density at radius 1 is 1.42 bits per heavy atom. The summed E-state index contributed by atoms with van der Waals surface area (Å²) in [4.78, 5) is 27.8. The number of nitro benzene ring substituents is 1. The van der Waals surface area contributed by atoms with Crippen molar-refractivity contribution < 1.29 is 14.5 Å². The number of amides is 1. The third-order valence-corrected chi connectivity index (χ3v) is 4.07. The average Bonchev–Trinajstić information content (AvgIpc) is 2.65. The first-order valence-corrected chi connectivity index (χ1v) is 8.07. The maximum Gasteiger partial charge on any atom is 0.409 e. The number of carbonyl (C=O) groups excluding carboxylic acids is 1. The third kappa shape index (κ3) is 6.32. The molecule has 0 unspecified atom stereocenters. The van der Waals surface area contributed by atoms with Crippen molar-refractivity contribution in [3.8, 4) is 0 Å². The molecule has 1 aliphatic heterocycles. The number of piperidine rings is 1. The van der Waals surface area contributed by atoms with E-state index in [2.05, 4.69) is 15.6 Å². The molecular formula is C16H24IN5O4. The van der Waals surface area contributed by atoms with E-state index in [-0.39, 0.29) is 41.8 Å². The molecule has 144 valence electrons. The zero-order valence-corrected chi connectivity index (χ0v) is 17.1. The number of aliphatic imine (C=N–C) groups is 1. The van der Waals surface area contributed by atoms with Crippen molar-refractivity contribution in [3.05, 3.63) is 39.9 Å². The molecule has 0 aromatic heterocycles. The third-order valence-electron chi connectivity index (χ3n) is 4.07. The highest BCUT2D eigenvalue weighted by Crippen LogP contribution is 2.13. The predicted octanol–water partition coefficient (Wildman–Crippen LogP) is 2.11. The number of hydrogen-bond acceptors (Lipinski definition) is 5. The largest absolute Gasteiger partial charge is 0.453 e. The molecule has 0 spiro atoms. The molecule has 2 rings (SSSR count). The molecule has 0 saturated carbocycles. The molecule has 0 radical (unpaired) electrons. The Balaban J connectivity index is 0.00000338. The zero-order valence-electron chi connectivity index (χ0n) is 14.8. The molecular weight excluding hydrogens is 453 g/mol. The fourth-order valence-electron chi connectivity index (χ4n) is 2.69. The summed E-state index contributed by atoms with van der Waals surface area (Å²) in [6.07, 6.45) is 1.30. The van der Waals surface area contributed by atoms with Crippen LogP contribution in [0.5, 0.6) is 0 Å². The number of halogens is 1. The monoisotopic (exact) mass is 477 g/mol. The normalized spacial score (nSPS) is 15.0. The average molecular weight is 477 g/mol. The number of nitro groups is 1. The van der Waals surface area contributed by atoms with Gasteiger partial charge < -0.3 is 20.3 Å². The van der Waals surface area contributed by atoms with Crippen LogP contribution in [0.25, 0.3) is 0 Å². The Morgan fingerprint density at radius 3 is 2.69 bits per heavy atom. The highest BCUT2D eigenvalue weighted by Gasteiger charge is 2.23. The zero-order chi connectivity index (χ0) is 18.2. The maximum atomic E-state index is 11.5. The second-order valence-electron chi connectivity index (χ2n) is 5.73. The van der Waals surface area contributed by atoms with E-state index in [1.807, 2.05) is 6.07 Å². The number of nitrogens with one attached hydrogen (secondary N) is 2. The molecule has 10 heteroatoms. The lowest BCUT2D eigenvalue weighted by molar-refractivity contribution is -0.384. The van der Waals surface area contributed by atoms with E-state index in [9.17, 15) is 14.9 Å². The van der Waals surface area contributed by atoms with Crippen molar-refractivity contribution in [2.75, 3.05) is 27.2 Å². The Hall–Kier alpha value is -2.11. The van der Waals surface area contributed by atoms with Crippen LogP contribution in [0, 0.1) is 10.1 Å². The van der Waals surface area contributed by atoms with Gasteiger partial charge in [-0.2, -0.15) is 0 Å². The Labute approximate surface area is 169 Å². The SMILES string of the molecule is CN=C(NCc1cccc([N+](=O)[O-])c1)NC1CCN(C(=O)OC)CC1.I. The van der Waals surface area contributed by atoms with Crippen LogP contribution in [-0.2, 0) is 11.3 Å². The van der Waals surface area contributed by atoms with Crippen molar-refractivity contribution in [1.29, 1.82) is 0 Å². The topological polar surface area (TPSA) is 109 Å². The van der Waals surface area contributed by atoms with Gasteiger partial charge in [0.2, 0.25) is 0 Å². The van der Waals surface area contributed by atoms with Crippen molar-refractivity contribution in [2.24, 2.45) is 4.99 Å². The summed E-state index contributed by atoms with van der Waals surface area (Å²) >= 11 is 0. The first kappa shape index (κ1) is 21.9. The highest BCUT2D eigenvalue weighted by molar-refractivity contribution is 14.0. The molecule has 1 heterocycles. The minimum Gasteiger partial charge on any atom is -0.453 e. The van der Waals surface area contributed by atoms with Crippen molar-refractivity contribution >= 4 is 41.7 Å². The Morgan fingerprint density at radius 2 is 2.12 bits per heavy atom. The van der Waals surface area contributed by atoms with Crippen LogP contribution < -0.4 is 10.6 Å². The molecule has 26 heavy (non-hydrogen) atoms. The molecule has 0 bridgehead atoms. The molecule has 1 aliphatic rings. The van der Waals surface area contributed by atoms with E-state index >= 15 is 0 Å². The summed E-state index contributed by atoms with van der Waals surface area (Å²) in [5.41, 5.74) is 0.870. The second kappa shape index (κ2) is 10.8. The number of rotatable bonds is 4. The van der Waals surface area contributed by atoms with Crippen LogP contribution in [0.3, 0.4) is 0 Å². The molecule has 1 fully saturated rings. The van der Waals surface area contributed by atoms with Crippen LogP contribution in [0.1, 0.15) is 18.4 Å². The number of nitrogens with zero attached hydrogens (tertiary/aromatic N) is 3. The van der Waals surface area contributed by atoms with Gasteiger partial charge in [-0.15, -0.1) is 24.0 Å². The van der Waals surface area contributed by atoms with Gasteiger partial charge in [0.25, 0.3) is 5.69 Å². The van der Waals surface area contributed by atoms with Gasteiger partial charge >= 0.3 is 6.09 Å². The number of guanidine groups is 1.